The average molecular weight is 344 g/mol. The normalized spacial score (nSPS) is 23.5. The van der Waals surface area contributed by atoms with E-state index in [0.29, 0.717) is 19.4 Å². The largest absolute Gasteiger partial charge is 0.340 e. The van der Waals surface area contributed by atoms with Gasteiger partial charge in [-0.15, -0.1) is 0 Å². The Morgan fingerprint density at radius 2 is 1.84 bits per heavy atom. The first-order chi connectivity index (χ1) is 12.0. The van der Waals surface area contributed by atoms with E-state index in [1.807, 2.05) is 18.7 Å². The van der Waals surface area contributed by atoms with E-state index < -0.39 is 0 Å². The molecule has 0 aromatic carbocycles. The predicted octanol–water partition coefficient (Wildman–Crippen LogP) is 2.05. The number of carbonyl (C=O) groups excluding carboxylic acids is 2. The smallest absolute Gasteiger partial charge is 0.225 e. The third-order valence-corrected chi connectivity index (χ3v) is 5.51. The average Bonchev–Trinajstić information content (AvgIpc) is 3.02. The second-order valence-corrected chi connectivity index (χ2v) is 7.64. The zero-order valence-corrected chi connectivity index (χ0v) is 15.3. The molecule has 2 aliphatic heterocycles. The highest BCUT2D eigenvalue weighted by Gasteiger charge is 2.47. The molecule has 0 aliphatic carbocycles. The van der Waals surface area contributed by atoms with Gasteiger partial charge in [-0.05, 0) is 37.7 Å². The van der Waals surface area contributed by atoms with Gasteiger partial charge in [-0.2, -0.15) is 0 Å². The van der Waals surface area contributed by atoms with E-state index in [1.54, 1.807) is 12.4 Å². The summed E-state index contributed by atoms with van der Waals surface area (Å²) in [5, 5.41) is 0. The van der Waals surface area contributed by atoms with Crippen LogP contribution in [-0.2, 0) is 16.0 Å². The van der Waals surface area contributed by atoms with Crippen LogP contribution in [0.4, 0.5) is 0 Å². The maximum Gasteiger partial charge on any atom is 0.225 e. The minimum atomic E-state index is -0.134. The molecule has 1 aromatic rings. The van der Waals surface area contributed by atoms with Gasteiger partial charge in [-0.25, -0.2) is 9.97 Å². The number of piperidine rings is 1. The third kappa shape index (κ3) is 3.83. The molecule has 0 radical (unpaired) electrons. The third-order valence-electron chi connectivity index (χ3n) is 5.51. The van der Waals surface area contributed by atoms with Gasteiger partial charge in [0.05, 0.1) is 5.54 Å². The number of amides is 2. The number of carbonyl (C=O) groups is 2. The fourth-order valence-corrected chi connectivity index (χ4v) is 4.21. The molecule has 0 N–H and O–H groups in total. The van der Waals surface area contributed by atoms with Gasteiger partial charge in [-0.1, -0.05) is 13.8 Å². The zero-order chi connectivity index (χ0) is 17.9. The fourth-order valence-electron chi connectivity index (χ4n) is 4.21. The Morgan fingerprint density at radius 3 is 2.52 bits per heavy atom. The summed E-state index contributed by atoms with van der Waals surface area (Å²) in [6.45, 7) is 6.25. The van der Waals surface area contributed by atoms with Crippen LogP contribution in [0, 0.1) is 5.92 Å². The molecule has 2 amide bonds. The summed E-state index contributed by atoms with van der Waals surface area (Å²) in [5.74, 6) is 0.416. The number of rotatable bonds is 4. The number of hydrogen-bond donors (Lipinski definition) is 0. The lowest BCUT2D eigenvalue weighted by Crippen LogP contribution is -2.59. The molecule has 3 rings (SSSR count). The molecule has 3 heterocycles. The van der Waals surface area contributed by atoms with E-state index in [-0.39, 0.29) is 23.3 Å². The van der Waals surface area contributed by atoms with Gasteiger partial charge >= 0.3 is 0 Å². The summed E-state index contributed by atoms with van der Waals surface area (Å²) in [7, 11) is 0. The Balaban J connectivity index is 1.64. The molecule has 1 aromatic heterocycles. The van der Waals surface area contributed by atoms with Crippen molar-refractivity contribution in [3.05, 3.63) is 24.3 Å². The van der Waals surface area contributed by atoms with Gasteiger partial charge in [0.1, 0.15) is 6.33 Å². The summed E-state index contributed by atoms with van der Waals surface area (Å²) in [4.78, 5) is 37.4. The molecule has 1 atom stereocenters. The summed E-state index contributed by atoms with van der Waals surface area (Å²) >= 11 is 0. The van der Waals surface area contributed by atoms with Gasteiger partial charge in [0.25, 0.3) is 0 Å². The molecular weight excluding hydrogens is 316 g/mol. The monoisotopic (exact) mass is 344 g/mol. The minimum Gasteiger partial charge on any atom is -0.340 e. The lowest BCUT2D eigenvalue weighted by Gasteiger charge is -2.46. The Hall–Kier alpha value is -1.98. The zero-order valence-electron chi connectivity index (χ0n) is 15.3. The molecule has 25 heavy (non-hydrogen) atoms. The number of aryl methyl sites for hydroxylation is 1. The van der Waals surface area contributed by atoms with Crippen LogP contribution >= 0.6 is 0 Å². The molecular formula is C19H28N4O2. The summed E-state index contributed by atoms with van der Waals surface area (Å²) in [6.07, 6.45) is 10.2. The molecule has 2 fully saturated rings. The molecule has 2 saturated heterocycles. The lowest BCUT2D eigenvalue weighted by atomic mass is 9.85. The van der Waals surface area contributed by atoms with Crippen LogP contribution < -0.4 is 0 Å². The number of aromatic nitrogens is 2. The molecule has 0 saturated carbocycles. The maximum absolute atomic E-state index is 12.7. The minimum absolute atomic E-state index is 0.0131. The Bertz CT molecular complexity index is 619. The first-order valence-electron chi connectivity index (χ1n) is 9.35. The van der Waals surface area contributed by atoms with Crippen molar-refractivity contribution in [2.24, 2.45) is 5.92 Å². The summed E-state index contributed by atoms with van der Waals surface area (Å²) < 4.78 is 0. The highest BCUT2D eigenvalue weighted by Crippen LogP contribution is 2.38. The van der Waals surface area contributed by atoms with Crippen molar-refractivity contribution in [1.29, 1.82) is 0 Å². The van der Waals surface area contributed by atoms with Crippen LogP contribution in [0.2, 0.25) is 0 Å². The standard InChI is InChI=1S/C19H28N4O2/c1-15(2)18(25)23-10-4-8-19(23)7-3-9-22(13-19)17(24)6-5-16-11-20-14-21-12-16/h11-12,14-15H,3-10,13H2,1-2H3. The summed E-state index contributed by atoms with van der Waals surface area (Å²) in [5.41, 5.74) is 0.852. The van der Waals surface area contributed by atoms with E-state index in [9.17, 15) is 9.59 Å². The molecule has 1 unspecified atom stereocenters. The number of likely N-dealkylation sites (tertiary alicyclic amines) is 2. The van der Waals surface area contributed by atoms with Gasteiger partial charge in [0.15, 0.2) is 0 Å². The van der Waals surface area contributed by atoms with Crippen LogP contribution in [-0.4, -0.2) is 56.8 Å². The van der Waals surface area contributed by atoms with Gasteiger partial charge < -0.3 is 9.80 Å². The molecule has 136 valence electrons. The van der Waals surface area contributed by atoms with Crippen molar-refractivity contribution in [2.45, 2.75) is 57.9 Å². The quantitative estimate of drug-likeness (QED) is 0.838. The molecule has 6 nitrogen and oxygen atoms in total. The van der Waals surface area contributed by atoms with Crippen LogP contribution in [0.1, 0.15) is 51.5 Å². The first kappa shape index (κ1) is 17.8. The van der Waals surface area contributed by atoms with Crippen molar-refractivity contribution in [3.63, 3.8) is 0 Å². The maximum atomic E-state index is 12.7. The Labute approximate surface area is 149 Å². The second-order valence-electron chi connectivity index (χ2n) is 7.64. The van der Waals surface area contributed by atoms with Crippen molar-refractivity contribution in [1.82, 2.24) is 19.8 Å². The van der Waals surface area contributed by atoms with Crippen molar-refractivity contribution >= 4 is 11.8 Å². The first-order valence-corrected chi connectivity index (χ1v) is 9.35. The van der Waals surface area contributed by atoms with Gasteiger partial charge in [0.2, 0.25) is 11.8 Å². The van der Waals surface area contributed by atoms with Crippen LogP contribution in [0.3, 0.4) is 0 Å². The van der Waals surface area contributed by atoms with E-state index >= 15 is 0 Å². The highest BCUT2D eigenvalue weighted by atomic mass is 16.2. The highest BCUT2D eigenvalue weighted by molar-refractivity contribution is 5.80. The molecule has 6 heteroatoms. The SMILES string of the molecule is CC(C)C(=O)N1CCCC12CCCN(C(=O)CCc1cncnc1)C2. The summed E-state index contributed by atoms with van der Waals surface area (Å²) in [6, 6.07) is 0. The lowest BCUT2D eigenvalue weighted by molar-refractivity contribution is -0.145. The van der Waals surface area contributed by atoms with Crippen LogP contribution in [0.25, 0.3) is 0 Å². The second kappa shape index (κ2) is 7.50. The van der Waals surface area contributed by atoms with E-state index in [4.69, 9.17) is 0 Å². The van der Waals surface area contributed by atoms with E-state index in [2.05, 4.69) is 14.9 Å². The van der Waals surface area contributed by atoms with Crippen molar-refractivity contribution in [3.8, 4) is 0 Å². The molecule has 0 bridgehead atoms. The van der Waals surface area contributed by atoms with Gasteiger partial charge in [0, 0.05) is 44.4 Å². The van der Waals surface area contributed by atoms with E-state index in [1.165, 1.54) is 6.33 Å². The Morgan fingerprint density at radius 1 is 1.16 bits per heavy atom. The molecule has 2 aliphatic rings. The fraction of sp³-hybridized carbons (Fsp3) is 0.684. The van der Waals surface area contributed by atoms with Crippen LogP contribution in [0.15, 0.2) is 18.7 Å². The van der Waals surface area contributed by atoms with Crippen LogP contribution in [0.5, 0.6) is 0 Å². The topological polar surface area (TPSA) is 66.4 Å². The molecule has 1 spiro atoms. The van der Waals surface area contributed by atoms with Crippen molar-refractivity contribution < 1.29 is 9.59 Å². The predicted molar refractivity (Wildman–Crippen MR) is 94.7 cm³/mol. The van der Waals surface area contributed by atoms with Gasteiger partial charge in [-0.3, -0.25) is 9.59 Å². The van der Waals surface area contributed by atoms with Crippen molar-refractivity contribution in [2.75, 3.05) is 19.6 Å². The number of nitrogens with zero attached hydrogens (tertiary/aromatic N) is 4. The number of hydrogen-bond acceptors (Lipinski definition) is 4. The Kier molecular flexibility index (Phi) is 5.35. The van der Waals surface area contributed by atoms with E-state index in [0.717, 1.165) is 44.3 Å².